The monoisotopic (exact) mass is 282 g/mol. The minimum absolute atomic E-state index is 0.205. The number of amides is 1. The summed E-state index contributed by atoms with van der Waals surface area (Å²) in [7, 11) is -3.92. The molecule has 0 saturated carbocycles. The lowest BCUT2D eigenvalue weighted by molar-refractivity contribution is -0.119. The SMILES string of the molecule is CCCNC(=O)CNS(=O)(=O)c1cccnc1C#N. The van der Waals surface area contributed by atoms with E-state index >= 15 is 0 Å². The number of nitrogens with one attached hydrogen (secondary N) is 2. The number of aromatic nitrogens is 1. The number of carbonyl (C=O) groups is 1. The predicted molar refractivity (Wildman–Crippen MR) is 67.4 cm³/mol. The van der Waals surface area contributed by atoms with E-state index in [1.807, 2.05) is 6.92 Å². The molecule has 102 valence electrons. The van der Waals surface area contributed by atoms with Crippen molar-refractivity contribution < 1.29 is 13.2 Å². The first-order valence-electron chi connectivity index (χ1n) is 5.62. The Kier molecular flexibility index (Phi) is 5.41. The van der Waals surface area contributed by atoms with Crippen LogP contribution in [-0.4, -0.2) is 32.4 Å². The molecule has 19 heavy (non-hydrogen) atoms. The van der Waals surface area contributed by atoms with Gasteiger partial charge in [-0.05, 0) is 18.6 Å². The second-order valence-corrected chi connectivity index (χ2v) is 5.37. The molecule has 2 N–H and O–H groups in total. The number of nitriles is 1. The van der Waals surface area contributed by atoms with E-state index in [2.05, 4.69) is 15.0 Å². The zero-order valence-electron chi connectivity index (χ0n) is 10.4. The van der Waals surface area contributed by atoms with Crippen molar-refractivity contribution in [3.8, 4) is 6.07 Å². The van der Waals surface area contributed by atoms with Gasteiger partial charge in [0.25, 0.3) is 0 Å². The van der Waals surface area contributed by atoms with Gasteiger partial charge in [-0.3, -0.25) is 4.79 Å². The van der Waals surface area contributed by atoms with Crippen molar-refractivity contribution >= 4 is 15.9 Å². The normalized spacial score (nSPS) is 10.7. The molecule has 0 aromatic carbocycles. The molecule has 0 atom stereocenters. The second-order valence-electron chi connectivity index (χ2n) is 3.64. The van der Waals surface area contributed by atoms with Gasteiger partial charge in [-0.25, -0.2) is 18.1 Å². The molecule has 1 aromatic rings. The van der Waals surface area contributed by atoms with Gasteiger partial charge in [0, 0.05) is 12.7 Å². The highest BCUT2D eigenvalue weighted by Gasteiger charge is 2.19. The van der Waals surface area contributed by atoms with E-state index in [0.717, 1.165) is 6.42 Å². The molecule has 0 aliphatic carbocycles. The Balaban J connectivity index is 2.77. The molecule has 0 aliphatic rings. The molecule has 0 spiro atoms. The van der Waals surface area contributed by atoms with Crippen LogP contribution in [0.1, 0.15) is 19.0 Å². The Bertz CT molecular complexity index is 592. The maximum Gasteiger partial charge on any atom is 0.243 e. The summed E-state index contributed by atoms with van der Waals surface area (Å²) >= 11 is 0. The molecule has 7 nitrogen and oxygen atoms in total. The molecule has 0 saturated heterocycles. The molecule has 1 amide bonds. The van der Waals surface area contributed by atoms with Crippen molar-refractivity contribution in [1.82, 2.24) is 15.0 Å². The van der Waals surface area contributed by atoms with Crippen molar-refractivity contribution in [1.29, 1.82) is 5.26 Å². The van der Waals surface area contributed by atoms with Gasteiger partial charge >= 0.3 is 0 Å². The summed E-state index contributed by atoms with van der Waals surface area (Å²) in [6.45, 7) is 2.00. The largest absolute Gasteiger partial charge is 0.355 e. The van der Waals surface area contributed by atoms with E-state index in [-0.39, 0.29) is 17.1 Å². The molecule has 8 heteroatoms. The maximum absolute atomic E-state index is 11.9. The van der Waals surface area contributed by atoms with E-state index in [4.69, 9.17) is 5.26 Å². The zero-order chi connectivity index (χ0) is 14.3. The Labute approximate surface area is 111 Å². The van der Waals surface area contributed by atoms with Gasteiger partial charge in [-0.1, -0.05) is 6.92 Å². The maximum atomic E-state index is 11.9. The van der Waals surface area contributed by atoms with E-state index in [1.165, 1.54) is 18.3 Å². The third-order valence-electron chi connectivity index (χ3n) is 2.16. The van der Waals surface area contributed by atoms with Gasteiger partial charge in [0.05, 0.1) is 6.54 Å². The van der Waals surface area contributed by atoms with Crippen LogP contribution < -0.4 is 10.0 Å². The second kappa shape index (κ2) is 6.82. The van der Waals surface area contributed by atoms with E-state index in [1.54, 1.807) is 6.07 Å². The Morgan fingerprint density at radius 1 is 1.53 bits per heavy atom. The topological polar surface area (TPSA) is 112 Å². The van der Waals surface area contributed by atoms with E-state index in [9.17, 15) is 13.2 Å². The minimum atomic E-state index is -3.92. The number of hydrogen-bond donors (Lipinski definition) is 2. The summed E-state index contributed by atoms with van der Waals surface area (Å²) < 4.78 is 25.9. The van der Waals surface area contributed by atoms with E-state index < -0.39 is 15.9 Å². The van der Waals surface area contributed by atoms with Crippen LogP contribution in [0.25, 0.3) is 0 Å². The fraction of sp³-hybridized carbons (Fsp3) is 0.364. The van der Waals surface area contributed by atoms with Crippen molar-refractivity contribution in [2.45, 2.75) is 18.2 Å². The third-order valence-corrected chi connectivity index (χ3v) is 3.59. The first-order chi connectivity index (χ1) is 9.01. The summed E-state index contributed by atoms with van der Waals surface area (Å²) in [6.07, 6.45) is 2.09. The molecule has 1 aromatic heterocycles. The van der Waals surface area contributed by atoms with Crippen LogP contribution >= 0.6 is 0 Å². The van der Waals surface area contributed by atoms with Crippen molar-refractivity contribution in [3.05, 3.63) is 24.0 Å². The van der Waals surface area contributed by atoms with Crippen LogP contribution in [0, 0.1) is 11.3 Å². The van der Waals surface area contributed by atoms with Crippen LogP contribution in [0.4, 0.5) is 0 Å². The fourth-order valence-corrected chi connectivity index (χ4v) is 2.34. The van der Waals surface area contributed by atoms with E-state index in [0.29, 0.717) is 6.54 Å². The lowest BCUT2D eigenvalue weighted by atomic mass is 10.4. The Morgan fingerprint density at radius 2 is 2.26 bits per heavy atom. The fourth-order valence-electron chi connectivity index (χ4n) is 1.26. The van der Waals surface area contributed by atoms with Gasteiger partial charge in [0.1, 0.15) is 11.0 Å². The van der Waals surface area contributed by atoms with Gasteiger partial charge < -0.3 is 5.32 Å². The first kappa shape index (κ1) is 15.1. The first-order valence-corrected chi connectivity index (χ1v) is 7.11. The Morgan fingerprint density at radius 3 is 2.89 bits per heavy atom. The van der Waals surface area contributed by atoms with Crippen molar-refractivity contribution in [2.24, 2.45) is 0 Å². The molecule has 1 rings (SSSR count). The minimum Gasteiger partial charge on any atom is -0.355 e. The summed E-state index contributed by atoms with van der Waals surface area (Å²) in [4.78, 5) is 14.7. The van der Waals surface area contributed by atoms with Crippen molar-refractivity contribution in [2.75, 3.05) is 13.1 Å². The lowest BCUT2D eigenvalue weighted by Crippen LogP contribution is -2.37. The van der Waals surface area contributed by atoms with Gasteiger partial charge in [-0.15, -0.1) is 0 Å². The van der Waals surface area contributed by atoms with Crippen LogP contribution in [0.3, 0.4) is 0 Å². The smallest absolute Gasteiger partial charge is 0.243 e. The predicted octanol–water partition coefficient (Wildman–Crippen LogP) is -0.242. The molecule has 1 heterocycles. The lowest BCUT2D eigenvalue weighted by Gasteiger charge is -2.07. The third kappa shape index (κ3) is 4.31. The van der Waals surface area contributed by atoms with Gasteiger partial charge in [0.2, 0.25) is 15.9 Å². The standard InChI is InChI=1S/C11H14N4O3S/c1-2-5-14-11(16)8-15-19(17,18)10-4-3-6-13-9(10)7-12/h3-4,6,15H,2,5,8H2,1H3,(H,14,16). The number of rotatable bonds is 6. The van der Waals surface area contributed by atoms with Gasteiger partial charge in [0.15, 0.2) is 5.69 Å². The molecule has 0 radical (unpaired) electrons. The van der Waals surface area contributed by atoms with Crippen LogP contribution in [0.5, 0.6) is 0 Å². The summed E-state index contributed by atoms with van der Waals surface area (Å²) in [5.41, 5.74) is -0.205. The molecule has 0 aliphatic heterocycles. The quantitative estimate of drug-likeness (QED) is 0.747. The molecule has 0 unspecified atom stereocenters. The van der Waals surface area contributed by atoms with Crippen LogP contribution in [0.2, 0.25) is 0 Å². The highest BCUT2D eigenvalue weighted by Crippen LogP contribution is 2.11. The highest BCUT2D eigenvalue weighted by atomic mass is 32.2. The van der Waals surface area contributed by atoms with Crippen LogP contribution in [0.15, 0.2) is 23.2 Å². The summed E-state index contributed by atoms with van der Waals surface area (Å²) in [5, 5.41) is 11.3. The number of nitrogens with zero attached hydrogens (tertiary/aromatic N) is 2. The zero-order valence-corrected chi connectivity index (χ0v) is 11.2. The number of pyridine rings is 1. The number of hydrogen-bond acceptors (Lipinski definition) is 5. The summed E-state index contributed by atoms with van der Waals surface area (Å²) in [5.74, 6) is -0.423. The Hall–Kier alpha value is -1.98. The molecule has 0 fully saturated rings. The number of carbonyl (C=O) groups excluding carboxylic acids is 1. The van der Waals surface area contributed by atoms with Crippen molar-refractivity contribution in [3.63, 3.8) is 0 Å². The molecule has 0 bridgehead atoms. The average Bonchev–Trinajstić information content (AvgIpc) is 2.43. The van der Waals surface area contributed by atoms with Crippen LogP contribution in [-0.2, 0) is 14.8 Å². The summed E-state index contributed by atoms with van der Waals surface area (Å²) in [6, 6.07) is 4.36. The average molecular weight is 282 g/mol. The van der Waals surface area contributed by atoms with Gasteiger partial charge in [-0.2, -0.15) is 5.26 Å². The highest BCUT2D eigenvalue weighted by molar-refractivity contribution is 7.89. The number of sulfonamides is 1. The molecular formula is C11H14N4O3S. The molecular weight excluding hydrogens is 268 g/mol.